The molecular formula is C16H20N2O2. The van der Waals surface area contributed by atoms with Gasteiger partial charge in [-0.15, -0.1) is 0 Å². The van der Waals surface area contributed by atoms with E-state index in [-0.39, 0.29) is 12.8 Å². The van der Waals surface area contributed by atoms with E-state index in [2.05, 4.69) is 36.3 Å². The maximum Gasteiger partial charge on any atom is 0.150 e. The predicted octanol–water partition coefficient (Wildman–Crippen LogP) is 3.05. The molecule has 1 fully saturated rings. The zero-order valence-electron chi connectivity index (χ0n) is 11.7. The van der Waals surface area contributed by atoms with Crippen LogP contribution in [-0.2, 0) is 11.3 Å². The van der Waals surface area contributed by atoms with E-state index in [1.807, 2.05) is 10.7 Å². The van der Waals surface area contributed by atoms with Gasteiger partial charge in [-0.1, -0.05) is 29.8 Å². The molecule has 106 valence electrons. The fourth-order valence-electron chi connectivity index (χ4n) is 2.58. The van der Waals surface area contributed by atoms with E-state index in [0.717, 1.165) is 42.8 Å². The van der Waals surface area contributed by atoms with E-state index in [0.29, 0.717) is 0 Å². The highest BCUT2D eigenvalue weighted by atomic mass is 16.5. The number of nitrogens with zero attached hydrogens (tertiary/aromatic N) is 2. The fraction of sp³-hybridized carbons (Fsp3) is 0.438. The number of rotatable bonds is 3. The topological polar surface area (TPSA) is 47.3 Å². The van der Waals surface area contributed by atoms with Gasteiger partial charge in [-0.05, 0) is 32.3 Å². The van der Waals surface area contributed by atoms with Crippen molar-refractivity contribution < 1.29 is 9.84 Å². The highest BCUT2D eigenvalue weighted by molar-refractivity contribution is 5.59. The number of benzene rings is 1. The number of aliphatic hydroxyl groups excluding tert-OH is 1. The summed E-state index contributed by atoms with van der Waals surface area (Å²) in [6, 6.07) is 10.2. The van der Waals surface area contributed by atoms with E-state index in [4.69, 9.17) is 4.74 Å². The zero-order chi connectivity index (χ0) is 13.9. The summed E-state index contributed by atoms with van der Waals surface area (Å²) in [5.41, 5.74) is 4.00. The van der Waals surface area contributed by atoms with Crippen LogP contribution in [-0.4, -0.2) is 21.5 Å². The summed E-state index contributed by atoms with van der Waals surface area (Å²) in [6.07, 6.45) is 3.18. The van der Waals surface area contributed by atoms with Crippen molar-refractivity contribution in [2.24, 2.45) is 0 Å². The van der Waals surface area contributed by atoms with Gasteiger partial charge in [0, 0.05) is 12.2 Å². The summed E-state index contributed by atoms with van der Waals surface area (Å²) in [7, 11) is 0. The van der Waals surface area contributed by atoms with Gasteiger partial charge in [-0.3, -0.25) is 0 Å². The lowest BCUT2D eigenvalue weighted by Crippen LogP contribution is -2.21. The van der Waals surface area contributed by atoms with Gasteiger partial charge in [0.05, 0.1) is 18.0 Å². The van der Waals surface area contributed by atoms with Gasteiger partial charge in [0.15, 0.2) is 6.23 Å². The maximum atomic E-state index is 9.54. The molecule has 20 heavy (non-hydrogen) atoms. The van der Waals surface area contributed by atoms with Crippen molar-refractivity contribution in [3.05, 3.63) is 41.6 Å². The molecule has 2 heterocycles. The fourth-order valence-corrected chi connectivity index (χ4v) is 2.58. The van der Waals surface area contributed by atoms with Crippen molar-refractivity contribution >= 4 is 0 Å². The molecule has 1 aromatic heterocycles. The van der Waals surface area contributed by atoms with Crippen LogP contribution in [0.5, 0.6) is 0 Å². The number of aryl methyl sites for hydroxylation is 1. The zero-order valence-corrected chi connectivity index (χ0v) is 11.7. The molecule has 4 heteroatoms. The first kappa shape index (κ1) is 13.3. The molecule has 1 aromatic carbocycles. The second-order valence-corrected chi connectivity index (χ2v) is 5.31. The molecule has 3 rings (SSSR count). The van der Waals surface area contributed by atoms with Crippen molar-refractivity contribution in [2.75, 3.05) is 6.61 Å². The summed E-state index contributed by atoms with van der Waals surface area (Å²) < 4.78 is 7.61. The van der Waals surface area contributed by atoms with Crippen LogP contribution in [0.1, 0.15) is 36.7 Å². The Hall–Kier alpha value is -1.65. The van der Waals surface area contributed by atoms with E-state index in [9.17, 15) is 5.11 Å². The minimum absolute atomic E-state index is 0.0152. The standard InChI is InChI=1S/C16H20N2O2/c1-12-5-7-13(8-6-12)15-10-14(11-19)18(17-15)16-4-2-3-9-20-16/h5-8,10,16,19H,2-4,9,11H2,1H3. The first-order valence-electron chi connectivity index (χ1n) is 7.16. The molecular weight excluding hydrogens is 252 g/mol. The lowest BCUT2D eigenvalue weighted by molar-refractivity contribution is -0.0425. The normalized spacial score (nSPS) is 19.2. The Morgan fingerprint density at radius 1 is 1.30 bits per heavy atom. The molecule has 1 aliphatic rings. The Bertz CT molecular complexity index is 569. The third-order valence-corrected chi connectivity index (χ3v) is 3.75. The summed E-state index contributed by atoms with van der Waals surface area (Å²) in [5.74, 6) is 0. The average Bonchev–Trinajstić information content (AvgIpc) is 2.93. The quantitative estimate of drug-likeness (QED) is 0.934. The van der Waals surface area contributed by atoms with Crippen LogP contribution in [0.15, 0.2) is 30.3 Å². The molecule has 0 amide bonds. The van der Waals surface area contributed by atoms with Crippen molar-refractivity contribution in [3.63, 3.8) is 0 Å². The molecule has 1 saturated heterocycles. The monoisotopic (exact) mass is 272 g/mol. The summed E-state index contributed by atoms with van der Waals surface area (Å²) in [6.45, 7) is 2.82. The van der Waals surface area contributed by atoms with Crippen LogP contribution in [0.2, 0.25) is 0 Å². The number of hydrogen-bond acceptors (Lipinski definition) is 3. The first-order valence-corrected chi connectivity index (χ1v) is 7.16. The van der Waals surface area contributed by atoms with Crippen molar-refractivity contribution in [1.82, 2.24) is 9.78 Å². The Kier molecular flexibility index (Phi) is 3.85. The summed E-state index contributed by atoms with van der Waals surface area (Å²) in [5, 5.41) is 14.2. The number of aromatic nitrogens is 2. The first-order chi connectivity index (χ1) is 9.78. The lowest BCUT2D eigenvalue weighted by atomic mass is 10.1. The lowest BCUT2D eigenvalue weighted by Gasteiger charge is -2.24. The Morgan fingerprint density at radius 2 is 2.10 bits per heavy atom. The molecule has 0 aliphatic carbocycles. The SMILES string of the molecule is Cc1ccc(-c2cc(CO)n(C3CCCCO3)n2)cc1. The number of hydrogen-bond donors (Lipinski definition) is 1. The van der Waals surface area contributed by atoms with Crippen LogP contribution in [0.3, 0.4) is 0 Å². The third kappa shape index (κ3) is 2.62. The second kappa shape index (κ2) is 5.77. The Morgan fingerprint density at radius 3 is 2.75 bits per heavy atom. The van der Waals surface area contributed by atoms with Gasteiger partial charge in [0.25, 0.3) is 0 Å². The van der Waals surface area contributed by atoms with Gasteiger partial charge in [-0.25, -0.2) is 4.68 Å². The molecule has 1 unspecified atom stereocenters. The largest absolute Gasteiger partial charge is 0.390 e. The molecule has 0 saturated carbocycles. The molecule has 0 radical (unpaired) electrons. The van der Waals surface area contributed by atoms with Gasteiger partial charge >= 0.3 is 0 Å². The van der Waals surface area contributed by atoms with Crippen molar-refractivity contribution in [3.8, 4) is 11.3 Å². The molecule has 2 aromatic rings. The molecule has 0 spiro atoms. The molecule has 4 nitrogen and oxygen atoms in total. The highest BCUT2D eigenvalue weighted by Gasteiger charge is 2.20. The minimum atomic E-state index is -0.0369. The van der Waals surface area contributed by atoms with E-state index >= 15 is 0 Å². The Balaban J connectivity index is 1.93. The number of ether oxygens (including phenoxy) is 1. The van der Waals surface area contributed by atoms with Crippen LogP contribution in [0, 0.1) is 6.92 Å². The molecule has 1 aliphatic heterocycles. The Labute approximate surface area is 119 Å². The molecule has 1 N–H and O–H groups in total. The van der Waals surface area contributed by atoms with Crippen LogP contribution in [0.25, 0.3) is 11.3 Å². The van der Waals surface area contributed by atoms with Gasteiger partial charge in [0.1, 0.15) is 0 Å². The van der Waals surface area contributed by atoms with Crippen LogP contribution >= 0.6 is 0 Å². The number of aliphatic hydroxyl groups is 1. The van der Waals surface area contributed by atoms with Gasteiger partial charge in [0.2, 0.25) is 0 Å². The van der Waals surface area contributed by atoms with Gasteiger partial charge < -0.3 is 9.84 Å². The molecule has 0 bridgehead atoms. The minimum Gasteiger partial charge on any atom is -0.390 e. The van der Waals surface area contributed by atoms with E-state index in [1.54, 1.807) is 0 Å². The summed E-state index contributed by atoms with van der Waals surface area (Å²) in [4.78, 5) is 0. The summed E-state index contributed by atoms with van der Waals surface area (Å²) >= 11 is 0. The van der Waals surface area contributed by atoms with E-state index < -0.39 is 0 Å². The highest BCUT2D eigenvalue weighted by Crippen LogP contribution is 2.27. The van der Waals surface area contributed by atoms with Crippen LogP contribution < -0.4 is 0 Å². The molecule has 1 atom stereocenters. The average molecular weight is 272 g/mol. The van der Waals surface area contributed by atoms with Gasteiger partial charge in [-0.2, -0.15) is 5.10 Å². The smallest absolute Gasteiger partial charge is 0.150 e. The van der Waals surface area contributed by atoms with Crippen molar-refractivity contribution in [1.29, 1.82) is 0 Å². The van der Waals surface area contributed by atoms with Crippen LogP contribution in [0.4, 0.5) is 0 Å². The van der Waals surface area contributed by atoms with Crippen molar-refractivity contribution in [2.45, 2.75) is 39.0 Å². The van der Waals surface area contributed by atoms with E-state index in [1.165, 1.54) is 5.56 Å². The third-order valence-electron chi connectivity index (χ3n) is 3.75. The second-order valence-electron chi connectivity index (χ2n) is 5.31. The predicted molar refractivity (Wildman–Crippen MR) is 77.2 cm³/mol. The maximum absolute atomic E-state index is 9.54.